The minimum atomic E-state index is -0.215. The van der Waals surface area contributed by atoms with Crippen LogP contribution in [0.5, 0.6) is 0 Å². The van der Waals surface area contributed by atoms with Gasteiger partial charge in [-0.3, -0.25) is 9.36 Å². The van der Waals surface area contributed by atoms with Gasteiger partial charge in [-0.05, 0) is 36.8 Å². The van der Waals surface area contributed by atoms with Crippen molar-refractivity contribution in [3.05, 3.63) is 46.9 Å². The molecule has 2 heterocycles. The zero-order valence-electron chi connectivity index (χ0n) is 12.4. The van der Waals surface area contributed by atoms with Crippen LogP contribution in [0.2, 0.25) is 0 Å². The summed E-state index contributed by atoms with van der Waals surface area (Å²) in [5.74, 6) is 1.23. The van der Waals surface area contributed by atoms with Gasteiger partial charge in [-0.15, -0.1) is 0 Å². The van der Waals surface area contributed by atoms with Crippen LogP contribution in [0.3, 0.4) is 0 Å². The summed E-state index contributed by atoms with van der Waals surface area (Å²) < 4.78 is 1.54. The van der Waals surface area contributed by atoms with Crippen molar-refractivity contribution in [1.82, 2.24) is 14.5 Å². The van der Waals surface area contributed by atoms with E-state index in [0.717, 1.165) is 37.0 Å². The molecule has 1 fully saturated rings. The van der Waals surface area contributed by atoms with E-state index in [1.54, 1.807) is 0 Å². The number of allylic oxidation sites excluding steroid dienone is 2. The number of amides is 1. The number of para-hydroxylation sites is 2. The number of fused-ring (bicyclic) bond motifs is 2. The van der Waals surface area contributed by atoms with Crippen LogP contribution in [0.1, 0.15) is 12.8 Å². The SMILES string of the molecule is O=C(Cn1c(=O)[nH]c2ccccc21)N1C[C@H]2CC=CC[C@H]2C1. The van der Waals surface area contributed by atoms with Gasteiger partial charge in [0.2, 0.25) is 5.91 Å². The Morgan fingerprint density at radius 1 is 1.14 bits per heavy atom. The van der Waals surface area contributed by atoms with E-state index in [0.29, 0.717) is 11.8 Å². The third-order valence-electron chi connectivity index (χ3n) is 4.95. The molecule has 5 nitrogen and oxygen atoms in total. The molecule has 2 aromatic rings. The number of aromatic nitrogens is 2. The van der Waals surface area contributed by atoms with E-state index < -0.39 is 0 Å². The highest BCUT2D eigenvalue weighted by atomic mass is 16.2. The number of carbonyl (C=O) groups excluding carboxylic acids is 1. The number of hydrogen-bond acceptors (Lipinski definition) is 2. The lowest BCUT2D eigenvalue weighted by atomic mass is 9.86. The smallest absolute Gasteiger partial charge is 0.326 e. The van der Waals surface area contributed by atoms with E-state index in [1.807, 2.05) is 29.2 Å². The number of aromatic amines is 1. The summed E-state index contributed by atoms with van der Waals surface area (Å²) in [6.45, 7) is 1.77. The van der Waals surface area contributed by atoms with Crippen LogP contribution in [0.4, 0.5) is 0 Å². The molecule has 1 aromatic carbocycles. The number of nitrogens with zero attached hydrogens (tertiary/aromatic N) is 2. The normalized spacial score (nSPS) is 23.9. The van der Waals surface area contributed by atoms with Gasteiger partial charge in [-0.2, -0.15) is 0 Å². The Bertz CT molecular complexity index is 786. The van der Waals surface area contributed by atoms with E-state index in [9.17, 15) is 9.59 Å². The Kier molecular flexibility index (Phi) is 3.13. The van der Waals surface area contributed by atoms with Gasteiger partial charge in [-0.1, -0.05) is 24.3 Å². The summed E-state index contributed by atoms with van der Waals surface area (Å²) in [4.78, 5) is 29.4. The zero-order valence-corrected chi connectivity index (χ0v) is 12.4. The first-order valence-corrected chi connectivity index (χ1v) is 7.82. The number of likely N-dealkylation sites (tertiary alicyclic amines) is 1. The molecule has 22 heavy (non-hydrogen) atoms. The van der Waals surface area contributed by atoms with Crippen LogP contribution >= 0.6 is 0 Å². The molecule has 2 atom stereocenters. The van der Waals surface area contributed by atoms with Gasteiger partial charge >= 0.3 is 5.69 Å². The van der Waals surface area contributed by atoms with Gasteiger partial charge in [0, 0.05) is 13.1 Å². The van der Waals surface area contributed by atoms with Crippen molar-refractivity contribution in [1.29, 1.82) is 0 Å². The molecule has 0 unspecified atom stereocenters. The lowest BCUT2D eigenvalue weighted by Crippen LogP contribution is -2.34. The first-order valence-electron chi connectivity index (χ1n) is 7.82. The van der Waals surface area contributed by atoms with Crippen molar-refractivity contribution < 1.29 is 4.79 Å². The van der Waals surface area contributed by atoms with Crippen molar-refractivity contribution in [2.45, 2.75) is 19.4 Å². The van der Waals surface area contributed by atoms with E-state index in [1.165, 1.54) is 4.57 Å². The van der Waals surface area contributed by atoms with Gasteiger partial charge in [-0.25, -0.2) is 4.79 Å². The van der Waals surface area contributed by atoms with Gasteiger partial charge in [0.1, 0.15) is 6.54 Å². The molecule has 0 spiro atoms. The first-order chi connectivity index (χ1) is 10.7. The first kappa shape index (κ1) is 13.4. The Morgan fingerprint density at radius 3 is 2.55 bits per heavy atom. The van der Waals surface area contributed by atoms with Crippen molar-refractivity contribution in [2.75, 3.05) is 13.1 Å². The number of benzene rings is 1. The molecule has 114 valence electrons. The van der Waals surface area contributed by atoms with Crippen molar-refractivity contribution in [3.63, 3.8) is 0 Å². The highest BCUT2D eigenvalue weighted by molar-refractivity contribution is 5.80. The van der Waals surface area contributed by atoms with E-state index in [2.05, 4.69) is 17.1 Å². The second-order valence-corrected chi connectivity index (χ2v) is 6.30. The number of rotatable bonds is 2. The molecule has 1 amide bonds. The molecule has 1 aliphatic heterocycles. The minimum Gasteiger partial charge on any atom is -0.341 e. The fourth-order valence-corrected chi connectivity index (χ4v) is 3.72. The van der Waals surface area contributed by atoms with Crippen LogP contribution in [0.15, 0.2) is 41.2 Å². The van der Waals surface area contributed by atoms with E-state index in [4.69, 9.17) is 0 Å². The highest BCUT2D eigenvalue weighted by Gasteiger charge is 2.35. The molecule has 2 aliphatic rings. The second kappa shape index (κ2) is 5.16. The standard InChI is InChI=1S/C17H19N3O2/c21-16(19-9-12-5-1-2-6-13(12)10-19)11-20-15-8-4-3-7-14(15)18-17(20)22/h1-4,7-8,12-13H,5-6,9-11H2,(H,18,22)/t12-,13+. The molecule has 5 heteroatoms. The fourth-order valence-electron chi connectivity index (χ4n) is 3.72. The Balaban J connectivity index is 1.55. The van der Waals surface area contributed by atoms with Crippen LogP contribution in [-0.2, 0) is 11.3 Å². The highest BCUT2D eigenvalue weighted by Crippen LogP contribution is 2.32. The topological polar surface area (TPSA) is 58.1 Å². The third-order valence-corrected chi connectivity index (χ3v) is 4.95. The van der Waals surface area contributed by atoms with Gasteiger partial charge in [0.15, 0.2) is 0 Å². The average Bonchev–Trinajstić information content (AvgIpc) is 3.09. The van der Waals surface area contributed by atoms with Crippen LogP contribution in [0.25, 0.3) is 11.0 Å². The quantitative estimate of drug-likeness (QED) is 0.859. The van der Waals surface area contributed by atoms with Crippen LogP contribution in [0, 0.1) is 11.8 Å². The molecule has 0 radical (unpaired) electrons. The predicted octanol–water partition coefficient (Wildman–Crippen LogP) is 1.75. The molecule has 0 saturated carbocycles. The summed E-state index contributed by atoms with van der Waals surface area (Å²) in [6.07, 6.45) is 6.58. The fraction of sp³-hybridized carbons (Fsp3) is 0.412. The van der Waals surface area contributed by atoms with Crippen LogP contribution < -0.4 is 5.69 Å². The van der Waals surface area contributed by atoms with Crippen molar-refractivity contribution in [3.8, 4) is 0 Å². The summed E-state index contributed by atoms with van der Waals surface area (Å²) in [7, 11) is 0. The Labute approximate surface area is 128 Å². The number of H-pyrrole nitrogens is 1. The lowest BCUT2D eigenvalue weighted by molar-refractivity contribution is -0.131. The second-order valence-electron chi connectivity index (χ2n) is 6.30. The average molecular weight is 297 g/mol. The van der Waals surface area contributed by atoms with Gasteiger partial charge < -0.3 is 9.88 Å². The molecule has 0 bridgehead atoms. The molecule has 4 rings (SSSR count). The molecule has 1 aliphatic carbocycles. The maximum absolute atomic E-state index is 12.6. The summed E-state index contributed by atoms with van der Waals surface area (Å²) >= 11 is 0. The van der Waals surface area contributed by atoms with Crippen LogP contribution in [-0.4, -0.2) is 33.4 Å². The molecular formula is C17H19N3O2. The number of carbonyl (C=O) groups is 1. The maximum atomic E-state index is 12.6. The van der Waals surface area contributed by atoms with Gasteiger partial charge in [0.25, 0.3) is 0 Å². The van der Waals surface area contributed by atoms with Crippen molar-refractivity contribution >= 4 is 16.9 Å². The van der Waals surface area contributed by atoms with E-state index >= 15 is 0 Å². The van der Waals surface area contributed by atoms with E-state index in [-0.39, 0.29) is 18.1 Å². The third kappa shape index (κ3) is 2.17. The number of hydrogen-bond donors (Lipinski definition) is 1. The Hall–Kier alpha value is -2.30. The monoisotopic (exact) mass is 297 g/mol. The number of imidazole rings is 1. The Morgan fingerprint density at radius 2 is 1.82 bits per heavy atom. The summed E-state index contributed by atoms with van der Waals surface area (Å²) in [5.41, 5.74) is 1.35. The zero-order chi connectivity index (χ0) is 15.1. The molecule has 1 N–H and O–H groups in total. The number of nitrogens with one attached hydrogen (secondary N) is 1. The summed E-state index contributed by atoms with van der Waals surface area (Å²) in [6, 6.07) is 7.48. The maximum Gasteiger partial charge on any atom is 0.326 e. The molecular weight excluding hydrogens is 278 g/mol. The van der Waals surface area contributed by atoms with Gasteiger partial charge in [0.05, 0.1) is 11.0 Å². The predicted molar refractivity (Wildman–Crippen MR) is 84.5 cm³/mol. The molecule has 1 saturated heterocycles. The largest absolute Gasteiger partial charge is 0.341 e. The minimum absolute atomic E-state index is 0.0428. The summed E-state index contributed by atoms with van der Waals surface area (Å²) in [5, 5.41) is 0. The lowest BCUT2D eigenvalue weighted by Gasteiger charge is -2.17. The van der Waals surface area contributed by atoms with Crippen molar-refractivity contribution in [2.24, 2.45) is 11.8 Å². The molecule has 1 aromatic heterocycles.